The Balaban J connectivity index is 1.75. The number of fused-ring (bicyclic) bond motifs is 1. The van der Waals surface area contributed by atoms with E-state index in [9.17, 15) is 0 Å². The fourth-order valence-corrected chi connectivity index (χ4v) is 3.00. The Hall–Kier alpha value is -1.06. The van der Waals surface area contributed by atoms with Gasteiger partial charge in [0.25, 0.3) is 0 Å². The van der Waals surface area contributed by atoms with Crippen LogP contribution in [0.2, 0.25) is 0 Å². The Morgan fingerprint density at radius 3 is 2.60 bits per heavy atom. The monoisotopic (exact) mass is 276 g/mol. The van der Waals surface area contributed by atoms with Crippen LogP contribution in [0.5, 0.6) is 5.75 Å². The van der Waals surface area contributed by atoms with Crippen LogP contribution in [0.3, 0.4) is 0 Å². The van der Waals surface area contributed by atoms with Crippen LogP contribution in [0.25, 0.3) is 0 Å². The summed E-state index contributed by atoms with van der Waals surface area (Å²) in [5, 5.41) is 3.59. The smallest absolute Gasteiger partial charge is 0.122 e. The van der Waals surface area contributed by atoms with E-state index in [0.717, 1.165) is 32.0 Å². The topological polar surface area (TPSA) is 24.5 Å². The molecule has 3 heteroatoms. The number of nitrogens with zero attached hydrogens (tertiary/aromatic N) is 1. The van der Waals surface area contributed by atoms with Gasteiger partial charge in [-0.1, -0.05) is 18.2 Å². The van der Waals surface area contributed by atoms with Crippen molar-refractivity contribution in [1.82, 2.24) is 10.2 Å². The van der Waals surface area contributed by atoms with Gasteiger partial charge in [0.05, 0.1) is 6.61 Å². The molecule has 0 saturated heterocycles. The number of rotatable bonds is 7. The van der Waals surface area contributed by atoms with E-state index in [-0.39, 0.29) is 0 Å². The number of ether oxygens (including phenoxy) is 1. The van der Waals surface area contributed by atoms with Crippen LogP contribution in [-0.4, -0.2) is 43.2 Å². The summed E-state index contributed by atoms with van der Waals surface area (Å²) in [6.45, 7) is 13.0. The Morgan fingerprint density at radius 1 is 1.20 bits per heavy atom. The average molecular weight is 276 g/mol. The van der Waals surface area contributed by atoms with Gasteiger partial charge < -0.3 is 10.1 Å². The lowest BCUT2D eigenvalue weighted by atomic mass is 10.0. The van der Waals surface area contributed by atoms with E-state index < -0.39 is 0 Å². The zero-order valence-corrected chi connectivity index (χ0v) is 13.2. The molecule has 0 spiro atoms. The highest BCUT2D eigenvalue weighted by Crippen LogP contribution is 2.32. The van der Waals surface area contributed by atoms with E-state index in [1.165, 1.54) is 5.56 Å². The maximum Gasteiger partial charge on any atom is 0.122 e. The molecule has 1 atom stereocenters. The van der Waals surface area contributed by atoms with E-state index in [0.29, 0.717) is 18.0 Å². The molecule has 1 aliphatic heterocycles. The molecule has 1 heterocycles. The molecule has 0 saturated carbocycles. The molecule has 0 bridgehead atoms. The number of hydrogen-bond acceptors (Lipinski definition) is 3. The van der Waals surface area contributed by atoms with Crippen molar-refractivity contribution in [3.63, 3.8) is 0 Å². The minimum atomic E-state index is 0.498. The van der Waals surface area contributed by atoms with Crippen molar-refractivity contribution >= 4 is 0 Å². The summed E-state index contributed by atoms with van der Waals surface area (Å²) < 4.78 is 5.72. The molecular weight excluding hydrogens is 248 g/mol. The fourth-order valence-electron chi connectivity index (χ4n) is 3.00. The molecule has 0 fully saturated rings. The van der Waals surface area contributed by atoms with Gasteiger partial charge in [-0.25, -0.2) is 0 Å². The molecule has 20 heavy (non-hydrogen) atoms. The predicted octanol–water partition coefficient (Wildman–Crippen LogP) is 2.87. The molecule has 1 aromatic carbocycles. The first-order chi connectivity index (χ1) is 9.59. The summed E-state index contributed by atoms with van der Waals surface area (Å²) in [4.78, 5) is 2.52. The van der Waals surface area contributed by atoms with Crippen molar-refractivity contribution in [2.45, 2.75) is 45.7 Å². The minimum Gasteiger partial charge on any atom is -0.493 e. The van der Waals surface area contributed by atoms with Gasteiger partial charge >= 0.3 is 0 Å². The van der Waals surface area contributed by atoms with Crippen LogP contribution in [0.1, 0.15) is 39.2 Å². The van der Waals surface area contributed by atoms with Gasteiger partial charge in [-0.3, -0.25) is 4.90 Å². The van der Waals surface area contributed by atoms with Gasteiger partial charge in [-0.2, -0.15) is 0 Å². The molecule has 3 nitrogen and oxygen atoms in total. The van der Waals surface area contributed by atoms with E-state index in [1.807, 2.05) is 6.07 Å². The Morgan fingerprint density at radius 2 is 1.90 bits per heavy atom. The Bertz CT molecular complexity index is 409. The molecule has 1 aliphatic rings. The van der Waals surface area contributed by atoms with Crippen molar-refractivity contribution in [3.05, 3.63) is 29.8 Å². The first kappa shape index (κ1) is 15.3. The maximum absolute atomic E-state index is 5.72. The zero-order valence-electron chi connectivity index (χ0n) is 13.2. The van der Waals surface area contributed by atoms with Crippen molar-refractivity contribution < 1.29 is 4.74 Å². The van der Waals surface area contributed by atoms with E-state index >= 15 is 0 Å². The van der Waals surface area contributed by atoms with E-state index in [2.05, 4.69) is 56.1 Å². The number of nitrogens with one attached hydrogen (secondary N) is 1. The normalized spacial score (nSPS) is 17.9. The molecule has 2 rings (SSSR count). The largest absolute Gasteiger partial charge is 0.493 e. The molecule has 0 amide bonds. The summed E-state index contributed by atoms with van der Waals surface area (Å²) in [5.74, 6) is 1.56. The lowest BCUT2D eigenvalue weighted by molar-refractivity contribution is 0.175. The summed E-state index contributed by atoms with van der Waals surface area (Å²) in [5.41, 5.74) is 1.35. The molecule has 0 aliphatic carbocycles. The van der Waals surface area contributed by atoms with Crippen LogP contribution in [0, 0.1) is 0 Å². The molecule has 0 radical (unpaired) electrons. The fraction of sp³-hybridized carbons (Fsp3) is 0.647. The summed E-state index contributed by atoms with van der Waals surface area (Å²) in [6, 6.07) is 9.59. The van der Waals surface area contributed by atoms with Gasteiger partial charge in [0, 0.05) is 43.2 Å². The average Bonchev–Trinajstić information content (AvgIpc) is 2.81. The van der Waals surface area contributed by atoms with Crippen LogP contribution >= 0.6 is 0 Å². The summed E-state index contributed by atoms with van der Waals surface area (Å²) >= 11 is 0. The highest BCUT2D eigenvalue weighted by atomic mass is 16.5. The van der Waals surface area contributed by atoms with Gasteiger partial charge in [-0.05, 0) is 33.8 Å². The lowest BCUT2D eigenvalue weighted by Crippen LogP contribution is -2.42. The van der Waals surface area contributed by atoms with Crippen LogP contribution in [-0.2, 0) is 0 Å². The van der Waals surface area contributed by atoms with Gasteiger partial charge in [-0.15, -0.1) is 0 Å². The third-order valence-corrected chi connectivity index (χ3v) is 4.06. The highest BCUT2D eigenvalue weighted by molar-refractivity contribution is 5.39. The van der Waals surface area contributed by atoms with Crippen LogP contribution in [0.4, 0.5) is 0 Å². The van der Waals surface area contributed by atoms with Crippen molar-refractivity contribution in [1.29, 1.82) is 0 Å². The Labute approximate surface area is 123 Å². The first-order valence-electron chi connectivity index (χ1n) is 7.77. The second-order valence-corrected chi connectivity index (χ2v) is 6.18. The molecule has 112 valence electrons. The number of benzene rings is 1. The van der Waals surface area contributed by atoms with Crippen molar-refractivity contribution in [2.75, 3.05) is 26.2 Å². The number of para-hydroxylation sites is 1. The summed E-state index contributed by atoms with van der Waals surface area (Å²) in [6.07, 6.45) is 0. The quantitative estimate of drug-likeness (QED) is 0.775. The summed E-state index contributed by atoms with van der Waals surface area (Å²) in [7, 11) is 0. The Kier molecular flexibility index (Phi) is 5.44. The van der Waals surface area contributed by atoms with E-state index in [4.69, 9.17) is 4.74 Å². The second-order valence-electron chi connectivity index (χ2n) is 6.18. The third kappa shape index (κ3) is 3.74. The molecule has 0 aromatic heterocycles. The molecule has 1 unspecified atom stereocenters. The minimum absolute atomic E-state index is 0.498. The van der Waals surface area contributed by atoms with Gasteiger partial charge in [0.2, 0.25) is 0 Å². The lowest BCUT2D eigenvalue weighted by Gasteiger charge is -2.30. The standard InChI is InChI=1S/C17H28N2O/c1-13(2)19(14(3)4)10-9-18-11-15-12-20-17-8-6-5-7-16(15)17/h5-8,13-15,18H,9-12H2,1-4H3. The molecule has 1 N–H and O–H groups in total. The van der Waals surface area contributed by atoms with Gasteiger partial charge in [0.15, 0.2) is 0 Å². The van der Waals surface area contributed by atoms with Gasteiger partial charge in [0.1, 0.15) is 5.75 Å². The maximum atomic E-state index is 5.72. The second kappa shape index (κ2) is 7.09. The highest BCUT2D eigenvalue weighted by Gasteiger charge is 2.23. The van der Waals surface area contributed by atoms with Crippen LogP contribution in [0.15, 0.2) is 24.3 Å². The number of hydrogen-bond donors (Lipinski definition) is 1. The van der Waals surface area contributed by atoms with Crippen molar-refractivity contribution in [2.24, 2.45) is 0 Å². The van der Waals surface area contributed by atoms with Crippen molar-refractivity contribution in [3.8, 4) is 5.75 Å². The predicted molar refractivity (Wildman–Crippen MR) is 84.5 cm³/mol. The van der Waals surface area contributed by atoms with E-state index in [1.54, 1.807) is 0 Å². The third-order valence-electron chi connectivity index (χ3n) is 4.06. The SMILES string of the molecule is CC(C)N(CCNCC1COc2ccccc21)C(C)C. The molecule has 1 aromatic rings. The van der Waals surface area contributed by atoms with Crippen LogP contribution < -0.4 is 10.1 Å². The first-order valence-corrected chi connectivity index (χ1v) is 7.77. The molecular formula is C17H28N2O. The zero-order chi connectivity index (χ0) is 14.5.